The monoisotopic (exact) mass is 244 g/mol. The predicted octanol–water partition coefficient (Wildman–Crippen LogP) is 2.01. The van der Waals surface area contributed by atoms with Crippen LogP contribution in [0.5, 0.6) is 0 Å². The number of nitrogens with zero attached hydrogens (tertiary/aromatic N) is 2. The van der Waals surface area contributed by atoms with Crippen LogP contribution in [0.1, 0.15) is 13.8 Å². The van der Waals surface area contributed by atoms with E-state index in [0.29, 0.717) is 30.0 Å². The maximum atomic E-state index is 5.98. The predicted molar refractivity (Wildman–Crippen MR) is 66.2 cm³/mol. The van der Waals surface area contributed by atoms with Crippen LogP contribution in [0.15, 0.2) is 6.20 Å². The standard InChI is InChI=1S/C10H17ClN4O/c1-4-16-6-7(2)14-9-8(11)5-13-10(12-3)15-9/h5,7H,4,6H2,1-3H3,(H2,12,13,14,15). The molecule has 1 rings (SSSR count). The van der Waals surface area contributed by atoms with Gasteiger partial charge in [-0.15, -0.1) is 0 Å². The molecular formula is C10H17ClN4O. The molecule has 0 saturated heterocycles. The lowest BCUT2D eigenvalue weighted by molar-refractivity contribution is 0.141. The maximum absolute atomic E-state index is 5.98. The van der Waals surface area contributed by atoms with Crippen LogP contribution in [0.2, 0.25) is 5.02 Å². The molecule has 1 atom stereocenters. The maximum Gasteiger partial charge on any atom is 0.224 e. The van der Waals surface area contributed by atoms with Crippen molar-refractivity contribution in [3.63, 3.8) is 0 Å². The van der Waals surface area contributed by atoms with Crippen LogP contribution in [0.3, 0.4) is 0 Å². The van der Waals surface area contributed by atoms with E-state index < -0.39 is 0 Å². The van der Waals surface area contributed by atoms with Gasteiger partial charge in [0.1, 0.15) is 5.02 Å². The number of hydrogen-bond donors (Lipinski definition) is 2. The topological polar surface area (TPSA) is 59.1 Å². The molecule has 0 amide bonds. The summed E-state index contributed by atoms with van der Waals surface area (Å²) in [4.78, 5) is 8.22. The van der Waals surface area contributed by atoms with Crippen molar-refractivity contribution in [2.75, 3.05) is 30.9 Å². The molecule has 0 aliphatic heterocycles. The first-order chi connectivity index (χ1) is 7.67. The van der Waals surface area contributed by atoms with E-state index in [1.807, 2.05) is 13.8 Å². The number of aromatic nitrogens is 2. The second-order valence-electron chi connectivity index (χ2n) is 3.35. The highest BCUT2D eigenvalue weighted by atomic mass is 35.5. The van der Waals surface area contributed by atoms with Gasteiger partial charge >= 0.3 is 0 Å². The van der Waals surface area contributed by atoms with Crippen molar-refractivity contribution in [1.29, 1.82) is 0 Å². The fourth-order valence-electron chi connectivity index (χ4n) is 1.16. The van der Waals surface area contributed by atoms with Crippen LogP contribution in [0.25, 0.3) is 0 Å². The van der Waals surface area contributed by atoms with Gasteiger partial charge in [-0.25, -0.2) is 4.98 Å². The van der Waals surface area contributed by atoms with Crippen molar-refractivity contribution >= 4 is 23.4 Å². The number of ether oxygens (including phenoxy) is 1. The highest BCUT2D eigenvalue weighted by molar-refractivity contribution is 6.32. The molecule has 0 spiro atoms. The van der Waals surface area contributed by atoms with Gasteiger partial charge in [-0.1, -0.05) is 11.6 Å². The summed E-state index contributed by atoms with van der Waals surface area (Å²) in [6, 6.07) is 0.150. The number of rotatable bonds is 6. The van der Waals surface area contributed by atoms with E-state index in [1.165, 1.54) is 0 Å². The number of anilines is 2. The lowest BCUT2D eigenvalue weighted by Crippen LogP contribution is -2.22. The van der Waals surface area contributed by atoms with E-state index in [9.17, 15) is 0 Å². The molecule has 0 bridgehead atoms. The Morgan fingerprint density at radius 2 is 2.31 bits per heavy atom. The van der Waals surface area contributed by atoms with Crippen LogP contribution >= 0.6 is 11.6 Å². The van der Waals surface area contributed by atoms with E-state index in [2.05, 4.69) is 20.6 Å². The Morgan fingerprint density at radius 3 is 2.94 bits per heavy atom. The number of hydrogen-bond acceptors (Lipinski definition) is 5. The van der Waals surface area contributed by atoms with E-state index in [0.717, 1.165) is 0 Å². The molecule has 1 unspecified atom stereocenters. The van der Waals surface area contributed by atoms with Gasteiger partial charge in [-0.3, -0.25) is 0 Å². The third-order valence-electron chi connectivity index (χ3n) is 1.92. The minimum absolute atomic E-state index is 0.150. The summed E-state index contributed by atoms with van der Waals surface area (Å²) >= 11 is 5.98. The third-order valence-corrected chi connectivity index (χ3v) is 2.20. The highest BCUT2D eigenvalue weighted by Crippen LogP contribution is 2.19. The normalized spacial score (nSPS) is 12.2. The van der Waals surface area contributed by atoms with E-state index in [4.69, 9.17) is 16.3 Å². The summed E-state index contributed by atoms with van der Waals surface area (Å²) in [6.07, 6.45) is 1.57. The molecule has 5 nitrogen and oxygen atoms in total. The Bertz CT molecular complexity index is 335. The van der Waals surface area contributed by atoms with Gasteiger partial charge in [0.05, 0.1) is 12.8 Å². The molecule has 0 fully saturated rings. The highest BCUT2D eigenvalue weighted by Gasteiger charge is 2.08. The molecule has 1 aromatic heterocycles. The molecule has 0 aromatic carbocycles. The number of halogens is 1. The summed E-state index contributed by atoms with van der Waals surface area (Å²) in [5.41, 5.74) is 0. The van der Waals surface area contributed by atoms with Crippen LogP contribution in [0.4, 0.5) is 11.8 Å². The largest absolute Gasteiger partial charge is 0.380 e. The lowest BCUT2D eigenvalue weighted by Gasteiger charge is -2.15. The lowest BCUT2D eigenvalue weighted by atomic mass is 10.3. The van der Waals surface area contributed by atoms with Gasteiger partial charge in [-0.2, -0.15) is 4.98 Å². The fourth-order valence-corrected chi connectivity index (χ4v) is 1.30. The molecule has 2 N–H and O–H groups in total. The van der Waals surface area contributed by atoms with Gasteiger partial charge in [0.25, 0.3) is 0 Å². The van der Waals surface area contributed by atoms with E-state index >= 15 is 0 Å². The summed E-state index contributed by atoms with van der Waals surface area (Å²) in [5, 5.41) is 6.53. The zero-order valence-corrected chi connectivity index (χ0v) is 10.5. The molecule has 1 aromatic rings. The molecule has 6 heteroatoms. The molecule has 16 heavy (non-hydrogen) atoms. The second kappa shape index (κ2) is 6.50. The number of nitrogens with one attached hydrogen (secondary N) is 2. The zero-order chi connectivity index (χ0) is 12.0. The van der Waals surface area contributed by atoms with Crippen molar-refractivity contribution < 1.29 is 4.74 Å². The SMILES string of the molecule is CCOCC(C)Nc1nc(NC)ncc1Cl. The third kappa shape index (κ3) is 3.83. The fraction of sp³-hybridized carbons (Fsp3) is 0.600. The summed E-state index contributed by atoms with van der Waals surface area (Å²) < 4.78 is 5.30. The van der Waals surface area contributed by atoms with Crippen molar-refractivity contribution in [2.24, 2.45) is 0 Å². The Balaban J connectivity index is 2.64. The molecule has 0 aliphatic rings. The molecule has 1 heterocycles. The molecule has 90 valence electrons. The van der Waals surface area contributed by atoms with Crippen LogP contribution in [-0.2, 0) is 4.74 Å². The van der Waals surface area contributed by atoms with Gasteiger partial charge in [0.2, 0.25) is 5.95 Å². The zero-order valence-electron chi connectivity index (χ0n) is 9.75. The minimum Gasteiger partial charge on any atom is -0.380 e. The average molecular weight is 245 g/mol. The Morgan fingerprint density at radius 1 is 1.56 bits per heavy atom. The van der Waals surface area contributed by atoms with Crippen molar-refractivity contribution in [3.05, 3.63) is 11.2 Å². The molecule has 0 radical (unpaired) electrons. The van der Waals surface area contributed by atoms with Crippen LogP contribution < -0.4 is 10.6 Å². The summed E-state index contributed by atoms with van der Waals surface area (Å²) in [6.45, 7) is 5.29. The molecule has 0 aliphatic carbocycles. The summed E-state index contributed by atoms with van der Waals surface area (Å²) in [7, 11) is 1.76. The van der Waals surface area contributed by atoms with Crippen molar-refractivity contribution in [1.82, 2.24) is 9.97 Å². The van der Waals surface area contributed by atoms with Gasteiger partial charge in [0.15, 0.2) is 5.82 Å². The molecular weight excluding hydrogens is 228 g/mol. The van der Waals surface area contributed by atoms with Gasteiger partial charge < -0.3 is 15.4 Å². The quantitative estimate of drug-likeness (QED) is 0.802. The average Bonchev–Trinajstić information content (AvgIpc) is 2.29. The smallest absolute Gasteiger partial charge is 0.224 e. The molecule has 0 saturated carbocycles. The first-order valence-corrected chi connectivity index (χ1v) is 5.59. The Kier molecular flexibility index (Phi) is 5.28. The van der Waals surface area contributed by atoms with E-state index in [1.54, 1.807) is 13.2 Å². The van der Waals surface area contributed by atoms with Gasteiger partial charge in [0, 0.05) is 19.7 Å². The van der Waals surface area contributed by atoms with Crippen LogP contribution in [0, 0.1) is 0 Å². The Labute approximate surface area is 101 Å². The second-order valence-corrected chi connectivity index (χ2v) is 3.75. The first kappa shape index (κ1) is 13.0. The van der Waals surface area contributed by atoms with Crippen molar-refractivity contribution in [3.8, 4) is 0 Å². The Hall–Kier alpha value is -1.07. The van der Waals surface area contributed by atoms with Crippen molar-refractivity contribution in [2.45, 2.75) is 19.9 Å². The first-order valence-electron chi connectivity index (χ1n) is 5.22. The summed E-state index contributed by atoms with van der Waals surface area (Å²) in [5.74, 6) is 1.16. The van der Waals surface area contributed by atoms with Crippen LogP contribution in [-0.4, -0.2) is 36.3 Å². The van der Waals surface area contributed by atoms with Gasteiger partial charge in [-0.05, 0) is 13.8 Å². The minimum atomic E-state index is 0.150. The van der Waals surface area contributed by atoms with E-state index in [-0.39, 0.29) is 6.04 Å².